The molecule has 0 unspecified atom stereocenters. The molecule has 0 fully saturated rings. The van der Waals surface area contributed by atoms with E-state index < -0.39 is 0 Å². The molecule has 0 saturated heterocycles. The number of rotatable bonds is 4. The minimum Gasteiger partial charge on any atom is -0.317 e. The zero-order chi connectivity index (χ0) is 8.10. The van der Waals surface area contributed by atoms with E-state index in [1.165, 1.54) is 16.2 Å². The molecule has 0 aliphatic heterocycles. The van der Waals surface area contributed by atoms with Crippen LogP contribution in [0.3, 0.4) is 0 Å². The van der Waals surface area contributed by atoms with Crippen LogP contribution in [0.4, 0.5) is 0 Å². The van der Waals surface area contributed by atoms with Crippen LogP contribution in [0.25, 0.3) is 0 Å². The summed E-state index contributed by atoms with van der Waals surface area (Å²) in [7, 11) is 0. The molecule has 2 heteroatoms. The number of likely N-dealkylation sites (N-methyl/N-ethyl adjacent to an activating group) is 1. The van der Waals surface area contributed by atoms with Crippen LogP contribution in [0.1, 0.15) is 16.7 Å². The third kappa shape index (κ3) is 3.04. The fourth-order valence-corrected chi connectivity index (χ4v) is 1.90. The first-order valence-corrected chi connectivity index (χ1v) is 4.90. The Kier molecular flexibility index (Phi) is 3.60. The lowest BCUT2D eigenvalue weighted by Crippen LogP contribution is -2.15. The van der Waals surface area contributed by atoms with Crippen LogP contribution < -0.4 is 5.32 Å². The lowest BCUT2D eigenvalue weighted by Gasteiger charge is -1.97. The standard InChI is InChI=1S/C9H15NS/c1-3-10-7-6-9-5-4-8(2)11-9/h4-5,10H,3,6-7H2,1-2H3. The molecule has 0 aromatic carbocycles. The van der Waals surface area contributed by atoms with Gasteiger partial charge in [0.15, 0.2) is 0 Å². The summed E-state index contributed by atoms with van der Waals surface area (Å²) in [6, 6.07) is 4.41. The van der Waals surface area contributed by atoms with E-state index >= 15 is 0 Å². The van der Waals surface area contributed by atoms with Crippen molar-refractivity contribution in [3.63, 3.8) is 0 Å². The maximum atomic E-state index is 3.31. The third-order valence-corrected chi connectivity index (χ3v) is 2.65. The molecule has 1 N–H and O–H groups in total. The Labute approximate surface area is 72.4 Å². The van der Waals surface area contributed by atoms with Crippen LogP contribution in [0.2, 0.25) is 0 Å². The van der Waals surface area contributed by atoms with Crippen LogP contribution in [0, 0.1) is 6.92 Å². The molecule has 1 aromatic rings. The average Bonchev–Trinajstić information content (AvgIpc) is 2.37. The number of nitrogens with one attached hydrogen (secondary N) is 1. The molecule has 0 atom stereocenters. The maximum absolute atomic E-state index is 3.31. The molecule has 62 valence electrons. The van der Waals surface area contributed by atoms with Gasteiger partial charge in [0.05, 0.1) is 0 Å². The lowest BCUT2D eigenvalue weighted by atomic mass is 10.3. The second-order valence-corrected chi connectivity index (χ2v) is 3.99. The Morgan fingerprint density at radius 3 is 2.82 bits per heavy atom. The topological polar surface area (TPSA) is 12.0 Å². The van der Waals surface area contributed by atoms with Crippen molar-refractivity contribution in [1.82, 2.24) is 5.32 Å². The zero-order valence-corrected chi connectivity index (χ0v) is 8.00. The molecule has 1 nitrogen and oxygen atoms in total. The maximum Gasteiger partial charge on any atom is 0.00606 e. The van der Waals surface area contributed by atoms with Gasteiger partial charge in [-0.25, -0.2) is 0 Å². The highest BCUT2D eigenvalue weighted by molar-refractivity contribution is 7.11. The zero-order valence-electron chi connectivity index (χ0n) is 7.18. The first-order chi connectivity index (χ1) is 5.33. The summed E-state index contributed by atoms with van der Waals surface area (Å²) in [6.07, 6.45) is 1.17. The van der Waals surface area contributed by atoms with Gasteiger partial charge in [-0.1, -0.05) is 6.92 Å². The summed E-state index contributed by atoms with van der Waals surface area (Å²) in [4.78, 5) is 2.90. The predicted octanol–water partition coefficient (Wildman–Crippen LogP) is 2.21. The minimum absolute atomic E-state index is 1.07. The van der Waals surface area contributed by atoms with Gasteiger partial charge in [-0.15, -0.1) is 11.3 Å². The van der Waals surface area contributed by atoms with E-state index in [1.54, 1.807) is 0 Å². The average molecular weight is 169 g/mol. The molecular weight excluding hydrogens is 154 g/mol. The number of thiophene rings is 1. The summed E-state index contributed by atoms with van der Waals surface area (Å²) in [5.41, 5.74) is 0. The van der Waals surface area contributed by atoms with Crippen LogP contribution in [-0.4, -0.2) is 13.1 Å². The molecule has 0 aliphatic carbocycles. The smallest absolute Gasteiger partial charge is 0.00606 e. The van der Waals surface area contributed by atoms with Crippen LogP contribution in [-0.2, 0) is 6.42 Å². The molecule has 0 saturated carbocycles. The Morgan fingerprint density at radius 1 is 1.45 bits per heavy atom. The molecular formula is C9H15NS. The van der Waals surface area contributed by atoms with Gasteiger partial charge in [0.25, 0.3) is 0 Å². The van der Waals surface area contributed by atoms with E-state index in [2.05, 4.69) is 31.3 Å². The highest BCUT2D eigenvalue weighted by atomic mass is 32.1. The van der Waals surface area contributed by atoms with Crippen molar-refractivity contribution in [2.75, 3.05) is 13.1 Å². The minimum atomic E-state index is 1.07. The van der Waals surface area contributed by atoms with Crippen molar-refractivity contribution < 1.29 is 0 Å². The van der Waals surface area contributed by atoms with Crippen molar-refractivity contribution in [2.24, 2.45) is 0 Å². The largest absolute Gasteiger partial charge is 0.317 e. The van der Waals surface area contributed by atoms with Gasteiger partial charge < -0.3 is 5.32 Å². The third-order valence-electron chi connectivity index (χ3n) is 1.59. The van der Waals surface area contributed by atoms with Crippen LogP contribution in [0.15, 0.2) is 12.1 Å². The van der Waals surface area contributed by atoms with E-state index in [0.29, 0.717) is 0 Å². The van der Waals surface area contributed by atoms with Crippen LogP contribution >= 0.6 is 11.3 Å². The highest BCUT2D eigenvalue weighted by Gasteiger charge is 1.94. The molecule has 0 bridgehead atoms. The second-order valence-electron chi connectivity index (χ2n) is 2.62. The van der Waals surface area contributed by atoms with E-state index in [4.69, 9.17) is 0 Å². The predicted molar refractivity (Wildman–Crippen MR) is 51.3 cm³/mol. The Hall–Kier alpha value is -0.340. The molecule has 0 spiro atoms. The van der Waals surface area contributed by atoms with Crippen molar-refractivity contribution in [3.8, 4) is 0 Å². The molecule has 0 aliphatic rings. The SMILES string of the molecule is CCNCCc1ccc(C)s1. The highest BCUT2D eigenvalue weighted by Crippen LogP contribution is 2.14. The second kappa shape index (κ2) is 4.52. The van der Waals surface area contributed by atoms with Gasteiger partial charge in [-0.05, 0) is 38.6 Å². The van der Waals surface area contributed by atoms with Gasteiger partial charge >= 0.3 is 0 Å². The molecule has 0 amide bonds. The van der Waals surface area contributed by atoms with Crippen molar-refractivity contribution >= 4 is 11.3 Å². The summed E-state index contributed by atoms with van der Waals surface area (Å²) in [5, 5.41) is 3.31. The number of hydrogen-bond donors (Lipinski definition) is 1. The first-order valence-electron chi connectivity index (χ1n) is 4.09. The number of aryl methyl sites for hydroxylation is 1. The fourth-order valence-electron chi connectivity index (χ4n) is 1.01. The van der Waals surface area contributed by atoms with E-state index in [0.717, 1.165) is 13.1 Å². The molecule has 1 rings (SSSR count). The lowest BCUT2D eigenvalue weighted by molar-refractivity contribution is 0.721. The first kappa shape index (κ1) is 8.75. The van der Waals surface area contributed by atoms with E-state index in [9.17, 15) is 0 Å². The number of hydrogen-bond acceptors (Lipinski definition) is 2. The molecule has 0 radical (unpaired) electrons. The van der Waals surface area contributed by atoms with E-state index in [-0.39, 0.29) is 0 Å². The van der Waals surface area contributed by atoms with Crippen LogP contribution in [0.5, 0.6) is 0 Å². The quantitative estimate of drug-likeness (QED) is 0.681. The van der Waals surface area contributed by atoms with Gasteiger partial charge in [0, 0.05) is 9.75 Å². The summed E-state index contributed by atoms with van der Waals surface area (Å²) >= 11 is 1.90. The Bertz CT molecular complexity index is 205. The van der Waals surface area contributed by atoms with Crippen molar-refractivity contribution in [2.45, 2.75) is 20.3 Å². The fraction of sp³-hybridized carbons (Fsp3) is 0.556. The Balaban J connectivity index is 2.27. The van der Waals surface area contributed by atoms with Gasteiger partial charge in [-0.2, -0.15) is 0 Å². The van der Waals surface area contributed by atoms with E-state index in [1.807, 2.05) is 11.3 Å². The summed E-state index contributed by atoms with van der Waals surface area (Å²) in [5.74, 6) is 0. The Morgan fingerprint density at radius 2 is 2.27 bits per heavy atom. The van der Waals surface area contributed by atoms with Crippen molar-refractivity contribution in [3.05, 3.63) is 21.9 Å². The molecule has 1 heterocycles. The van der Waals surface area contributed by atoms with Gasteiger partial charge in [-0.3, -0.25) is 0 Å². The molecule has 11 heavy (non-hydrogen) atoms. The summed E-state index contributed by atoms with van der Waals surface area (Å²) in [6.45, 7) is 6.47. The van der Waals surface area contributed by atoms with Gasteiger partial charge in [0.1, 0.15) is 0 Å². The van der Waals surface area contributed by atoms with Gasteiger partial charge in [0.2, 0.25) is 0 Å². The monoisotopic (exact) mass is 169 g/mol. The molecule has 1 aromatic heterocycles. The van der Waals surface area contributed by atoms with Crippen molar-refractivity contribution in [1.29, 1.82) is 0 Å². The summed E-state index contributed by atoms with van der Waals surface area (Å²) < 4.78 is 0. The normalized spacial score (nSPS) is 10.4.